The largest absolute Gasteiger partial charge is 0.394 e. The van der Waals surface area contributed by atoms with Crippen molar-refractivity contribution in [3.8, 4) is 0 Å². The number of rotatable bonds is 10. The molecule has 0 heterocycles. The first-order valence-corrected chi connectivity index (χ1v) is 7.09. The van der Waals surface area contributed by atoms with Crippen LogP contribution in [0.5, 0.6) is 0 Å². The van der Waals surface area contributed by atoms with E-state index in [1.54, 1.807) is 0 Å². The molecule has 104 valence electrons. The van der Waals surface area contributed by atoms with Crippen molar-refractivity contribution in [3.63, 3.8) is 0 Å². The van der Waals surface area contributed by atoms with E-state index in [0.717, 1.165) is 32.5 Å². The van der Waals surface area contributed by atoms with E-state index >= 15 is 0 Å². The van der Waals surface area contributed by atoms with Crippen molar-refractivity contribution in [1.29, 1.82) is 0 Å². The monoisotopic (exact) mass is 244 g/mol. The minimum Gasteiger partial charge on any atom is -0.394 e. The molecule has 3 heteroatoms. The van der Waals surface area contributed by atoms with Gasteiger partial charge < -0.3 is 15.3 Å². The maximum Gasteiger partial charge on any atom is 0.0611 e. The van der Waals surface area contributed by atoms with Crippen molar-refractivity contribution in [3.05, 3.63) is 0 Å². The second-order valence-corrected chi connectivity index (χ2v) is 5.53. The Kier molecular flexibility index (Phi) is 8.83. The third-order valence-corrected chi connectivity index (χ3v) is 3.34. The predicted molar refractivity (Wildman–Crippen MR) is 75.4 cm³/mol. The van der Waals surface area contributed by atoms with Crippen LogP contribution in [-0.4, -0.2) is 47.8 Å². The summed E-state index contributed by atoms with van der Waals surface area (Å²) < 4.78 is 0. The molecule has 0 aliphatic rings. The topological polar surface area (TPSA) is 35.5 Å². The maximum absolute atomic E-state index is 9.51. The van der Waals surface area contributed by atoms with Gasteiger partial charge in [0.05, 0.1) is 6.61 Å². The highest BCUT2D eigenvalue weighted by atomic mass is 16.3. The summed E-state index contributed by atoms with van der Waals surface area (Å²) in [4.78, 5) is 2.49. The normalized spacial score (nSPS) is 15.5. The quantitative estimate of drug-likeness (QED) is 0.619. The van der Waals surface area contributed by atoms with Gasteiger partial charge in [-0.15, -0.1) is 0 Å². The summed E-state index contributed by atoms with van der Waals surface area (Å²) in [6.07, 6.45) is 3.30. The predicted octanol–water partition coefficient (Wildman–Crippen LogP) is 2.25. The first-order valence-electron chi connectivity index (χ1n) is 7.09. The molecule has 0 aliphatic carbocycles. The third kappa shape index (κ3) is 7.02. The highest BCUT2D eigenvalue weighted by Gasteiger charge is 2.23. The fourth-order valence-corrected chi connectivity index (χ4v) is 1.96. The van der Waals surface area contributed by atoms with E-state index in [1.807, 2.05) is 0 Å². The lowest BCUT2D eigenvalue weighted by atomic mass is 9.98. The summed E-state index contributed by atoms with van der Waals surface area (Å²) in [5.74, 6) is 0. The molecule has 0 rings (SSSR count). The van der Waals surface area contributed by atoms with Crippen LogP contribution < -0.4 is 5.32 Å². The summed E-state index contributed by atoms with van der Waals surface area (Å²) in [6, 6.07) is 0.587. The lowest BCUT2D eigenvalue weighted by Gasteiger charge is -2.33. The van der Waals surface area contributed by atoms with Crippen LogP contribution in [0.2, 0.25) is 0 Å². The first-order chi connectivity index (χ1) is 7.99. The summed E-state index contributed by atoms with van der Waals surface area (Å²) in [6.45, 7) is 14.4. The molecule has 0 aromatic rings. The minimum absolute atomic E-state index is 0.128. The Morgan fingerprint density at radius 1 is 1.18 bits per heavy atom. The molecule has 0 aromatic carbocycles. The third-order valence-electron chi connectivity index (χ3n) is 3.34. The fraction of sp³-hybridized carbons (Fsp3) is 1.00. The second kappa shape index (κ2) is 8.90. The SMILES string of the molecule is CCCNC(C)(CO)CCN(CCC)C(C)C. The van der Waals surface area contributed by atoms with Gasteiger partial charge in [-0.05, 0) is 53.1 Å². The molecule has 0 fully saturated rings. The number of aliphatic hydroxyl groups is 1. The van der Waals surface area contributed by atoms with Gasteiger partial charge in [0.25, 0.3) is 0 Å². The fourth-order valence-electron chi connectivity index (χ4n) is 1.96. The zero-order valence-electron chi connectivity index (χ0n) is 12.4. The van der Waals surface area contributed by atoms with Gasteiger partial charge in [-0.3, -0.25) is 0 Å². The van der Waals surface area contributed by atoms with Gasteiger partial charge in [-0.1, -0.05) is 13.8 Å². The van der Waals surface area contributed by atoms with Crippen LogP contribution in [0.1, 0.15) is 53.9 Å². The van der Waals surface area contributed by atoms with Crippen molar-refractivity contribution in [2.45, 2.75) is 65.5 Å². The number of hydrogen-bond acceptors (Lipinski definition) is 3. The summed E-state index contributed by atoms with van der Waals surface area (Å²) >= 11 is 0. The van der Waals surface area contributed by atoms with Gasteiger partial charge in [0.1, 0.15) is 0 Å². The summed E-state index contributed by atoms with van der Waals surface area (Å²) in [5, 5.41) is 13.0. The Balaban J connectivity index is 4.17. The highest BCUT2D eigenvalue weighted by Crippen LogP contribution is 2.12. The molecule has 0 saturated heterocycles. The number of aliphatic hydroxyl groups excluding tert-OH is 1. The minimum atomic E-state index is -0.128. The van der Waals surface area contributed by atoms with E-state index in [1.165, 1.54) is 6.42 Å². The van der Waals surface area contributed by atoms with Crippen LogP contribution in [0.25, 0.3) is 0 Å². The van der Waals surface area contributed by atoms with E-state index in [0.29, 0.717) is 6.04 Å². The highest BCUT2D eigenvalue weighted by molar-refractivity contribution is 4.83. The zero-order chi connectivity index (χ0) is 13.3. The Labute approximate surface area is 108 Å². The van der Waals surface area contributed by atoms with Gasteiger partial charge in [0.2, 0.25) is 0 Å². The molecule has 2 N–H and O–H groups in total. The lowest BCUT2D eigenvalue weighted by molar-refractivity contribution is 0.134. The molecule has 17 heavy (non-hydrogen) atoms. The molecule has 3 nitrogen and oxygen atoms in total. The van der Waals surface area contributed by atoms with E-state index in [2.05, 4.69) is 44.8 Å². The summed E-state index contributed by atoms with van der Waals surface area (Å²) in [5.41, 5.74) is -0.128. The summed E-state index contributed by atoms with van der Waals surface area (Å²) in [7, 11) is 0. The molecule has 0 bridgehead atoms. The molecule has 0 spiro atoms. The van der Waals surface area contributed by atoms with Crippen molar-refractivity contribution in [1.82, 2.24) is 10.2 Å². The Morgan fingerprint density at radius 2 is 1.82 bits per heavy atom. The molecule has 1 atom stereocenters. The lowest BCUT2D eigenvalue weighted by Crippen LogP contribution is -2.49. The van der Waals surface area contributed by atoms with Gasteiger partial charge in [0, 0.05) is 18.1 Å². The number of nitrogens with zero attached hydrogens (tertiary/aromatic N) is 1. The molecule has 0 aromatic heterocycles. The van der Waals surface area contributed by atoms with E-state index in [4.69, 9.17) is 0 Å². The molecular formula is C14H32N2O. The molecule has 0 aliphatic heterocycles. The van der Waals surface area contributed by atoms with Gasteiger partial charge in [-0.25, -0.2) is 0 Å². The van der Waals surface area contributed by atoms with Crippen LogP contribution in [0, 0.1) is 0 Å². The Bertz CT molecular complexity index is 185. The Hall–Kier alpha value is -0.120. The molecule has 0 amide bonds. The van der Waals surface area contributed by atoms with Crippen LogP contribution in [0.3, 0.4) is 0 Å². The number of hydrogen-bond donors (Lipinski definition) is 2. The number of nitrogens with one attached hydrogen (secondary N) is 1. The second-order valence-electron chi connectivity index (χ2n) is 5.53. The van der Waals surface area contributed by atoms with Crippen LogP contribution in [0.15, 0.2) is 0 Å². The van der Waals surface area contributed by atoms with E-state index < -0.39 is 0 Å². The Morgan fingerprint density at radius 3 is 2.24 bits per heavy atom. The van der Waals surface area contributed by atoms with Crippen molar-refractivity contribution in [2.24, 2.45) is 0 Å². The average Bonchev–Trinajstić information content (AvgIpc) is 2.31. The molecule has 0 saturated carbocycles. The molecular weight excluding hydrogens is 212 g/mol. The van der Waals surface area contributed by atoms with Crippen molar-refractivity contribution < 1.29 is 5.11 Å². The van der Waals surface area contributed by atoms with Gasteiger partial charge in [-0.2, -0.15) is 0 Å². The van der Waals surface area contributed by atoms with Crippen LogP contribution in [-0.2, 0) is 0 Å². The maximum atomic E-state index is 9.51. The average molecular weight is 244 g/mol. The van der Waals surface area contributed by atoms with E-state index in [9.17, 15) is 5.11 Å². The zero-order valence-corrected chi connectivity index (χ0v) is 12.4. The van der Waals surface area contributed by atoms with Crippen LogP contribution >= 0.6 is 0 Å². The first kappa shape index (κ1) is 16.9. The van der Waals surface area contributed by atoms with Crippen LogP contribution in [0.4, 0.5) is 0 Å². The van der Waals surface area contributed by atoms with E-state index in [-0.39, 0.29) is 12.1 Å². The van der Waals surface area contributed by atoms with Gasteiger partial charge in [0.15, 0.2) is 0 Å². The molecule has 1 unspecified atom stereocenters. The van der Waals surface area contributed by atoms with Crippen molar-refractivity contribution in [2.75, 3.05) is 26.2 Å². The van der Waals surface area contributed by atoms with Crippen molar-refractivity contribution >= 4 is 0 Å². The smallest absolute Gasteiger partial charge is 0.0611 e. The molecule has 0 radical (unpaired) electrons. The standard InChI is InChI=1S/C14H32N2O/c1-6-9-15-14(5,12-17)8-11-16(10-7-2)13(3)4/h13,15,17H,6-12H2,1-5H3. The van der Waals surface area contributed by atoms with Gasteiger partial charge >= 0.3 is 0 Å².